The van der Waals surface area contributed by atoms with Gasteiger partial charge in [-0.2, -0.15) is 0 Å². The van der Waals surface area contributed by atoms with E-state index in [4.69, 9.17) is 0 Å². The molecule has 0 heterocycles. The number of ketones is 2. The summed E-state index contributed by atoms with van der Waals surface area (Å²) in [5.74, 6) is 2.72. The molecule has 0 aliphatic heterocycles. The molecule has 0 aromatic rings. The number of hydrogen-bond acceptors (Lipinski definition) is 2. The maximum absolute atomic E-state index is 12.5. The van der Waals surface area contributed by atoms with Gasteiger partial charge in [-0.15, -0.1) is 0 Å². The van der Waals surface area contributed by atoms with Crippen LogP contribution in [0.25, 0.3) is 0 Å². The summed E-state index contributed by atoms with van der Waals surface area (Å²) < 4.78 is 0. The fourth-order valence-corrected chi connectivity index (χ4v) is 4.51. The molecule has 0 aromatic heterocycles. The number of allylic oxidation sites excluding steroid dienone is 4. The highest BCUT2D eigenvalue weighted by molar-refractivity contribution is 6.11. The molecule has 0 saturated heterocycles. The van der Waals surface area contributed by atoms with Crippen molar-refractivity contribution in [1.29, 1.82) is 0 Å². The maximum atomic E-state index is 12.5. The molecule has 0 radical (unpaired) electrons. The van der Waals surface area contributed by atoms with E-state index in [-0.39, 0.29) is 11.6 Å². The Hall–Kier alpha value is -1.18. The largest absolute Gasteiger partial charge is 0.295 e. The van der Waals surface area contributed by atoms with Gasteiger partial charge in [0.15, 0.2) is 11.6 Å². The van der Waals surface area contributed by atoms with Crippen molar-refractivity contribution in [3.63, 3.8) is 0 Å². The lowest BCUT2D eigenvalue weighted by Crippen LogP contribution is -2.32. The van der Waals surface area contributed by atoms with Gasteiger partial charge in [-0.1, -0.05) is 98.1 Å². The van der Waals surface area contributed by atoms with Gasteiger partial charge >= 0.3 is 0 Å². The van der Waals surface area contributed by atoms with E-state index in [0.29, 0.717) is 18.4 Å². The van der Waals surface area contributed by atoms with E-state index in [2.05, 4.69) is 40.7 Å². The van der Waals surface area contributed by atoms with Crippen LogP contribution in [-0.4, -0.2) is 11.6 Å². The normalized spacial score (nSPS) is 19.2. The van der Waals surface area contributed by atoms with Gasteiger partial charge in [0.05, 0.1) is 0 Å². The quantitative estimate of drug-likeness (QED) is 0.267. The zero-order valence-electron chi connectivity index (χ0n) is 21.0. The number of carbonyl (C=O) groups excluding carboxylic acids is 2. The molecule has 0 aromatic carbocycles. The van der Waals surface area contributed by atoms with Crippen LogP contribution in [0.2, 0.25) is 0 Å². The van der Waals surface area contributed by atoms with Gasteiger partial charge in [-0.3, -0.25) is 9.59 Å². The van der Waals surface area contributed by atoms with Crippen LogP contribution in [0, 0.1) is 23.2 Å². The molecule has 2 atom stereocenters. The van der Waals surface area contributed by atoms with Crippen molar-refractivity contribution >= 4 is 11.6 Å². The lowest BCUT2D eigenvalue weighted by atomic mass is 9.75. The third kappa shape index (κ3) is 10.7. The molecule has 1 aliphatic rings. The Morgan fingerprint density at radius 3 is 2.03 bits per heavy atom. The molecule has 30 heavy (non-hydrogen) atoms. The van der Waals surface area contributed by atoms with E-state index in [1.165, 1.54) is 56.9 Å². The monoisotopic (exact) mass is 416 g/mol. The summed E-state index contributed by atoms with van der Waals surface area (Å²) in [5.41, 5.74) is 1.49. The summed E-state index contributed by atoms with van der Waals surface area (Å²) in [6, 6.07) is 0. The van der Waals surface area contributed by atoms with E-state index < -0.39 is 5.41 Å². The van der Waals surface area contributed by atoms with Crippen molar-refractivity contribution in [2.45, 2.75) is 119 Å². The zero-order valence-corrected chi connectivity index (χ0v) is 21.0. The smallest absolute Gasteiger partial charge is 0.165 e. The van der Waals surface area contributed by atoms with Gasteiger partial charge in [-0.05, 0) is 50.0 Å². The number of carbonyl (C=O) groups is 2. The second kappa shape index (κ2) is 13.3. The zero-order chi connectivity index (χ0) is 22.7. The van der Waals surface area contributed by atoms with Crippen LogP contribution < -0.4 is 0 Å². The SMILES string of the molecule is C/C(=C\CC1=CC(=O)CC(C)(C)C1=O)CCC[C@H](C)CCC[C@H](C)CCCC(C)C. The average Bonchev–Trinajstić information content (AvgIpc) is 2.62. The molecular formula is C28H48O2. The maximum Gasteiger partial charge on any atom is 0.165 e. The molecule has 0 N–H and O–H groups in total. The predicted molar refractivity (Wildman–Crippen MR) is 130 cm³/mol. The summed E-state index contributed by atoms with van der Waals surface area (Å²) in [6.07, 6.45) is 16.5. The average molecular weight is 417 g/mol. The van der Waals surface area contributed by atoms with Gasteiger partial charge < -0.3 is 0 Å². The van der Waals surface area contributed by atoms with Crippen molar-refractivity contribution in [3.8, 4) is 0 Å². The van der Waals surface area contributed by atoms with Crippen LogP contribution >= 0.6 is 0 Å². The molecule has 1 aliphatic carbocycles. The van der Waals surface area contributed by atoms with Crippen molar-refractivity contribution in [2.75, 3.05) is 0 Å². The van der Waals surface area contributed by atoms with E-state index in [0.717, 1.165) is 24.2 Å². The lowest BCUT2D eigenvalue weighted by molar-refractivity contribution is -0.129. The summed E-state index contributed by atoms with van der Waals surface area (Å²) in [5, 5.41) is 0. The Morgan fingerprint density at radius 1 is 0.933 bits per heavy atom. The first-order chi connectivity index (χ1) is 14.0. The molecule has 0 bridgehead atoms. The summed E-state index contributed by atoms with van der Waals surface area (Å²) in [6.45, 7) is 15.4. The van der Waals surface area contributed by atoms with Crippen LogP contribution in [0.5, 0.6) is 0 Å². The molecule has 0 unspecified atom stereocenters. The summed E-state index contributed by atoms with van der Waals surface area (Å²) in [4.78, 5) is 24.4. The molecule has 0 fully saturated rings. The minimum absolute atomic E-state index is 0.0868. The van der Waals surface area contributed by atoms with Crippen LogP contribution in [0.3, 0.4) is 0 Å². The van der Waals surface area contributed by atoms with Crippen LogP contribution in [0.1, 0.15) is 119 Å². The van der Waals surface area contributed by atoms with Crippen molar-refractivity contribution in [1.82, 2.24) is 0 Å². The first-order valence-corrected chi connectivity index (χ1v) is 12.4. The second-order valence-electron chi connectivity index (χ2n) is 11.1. The first kappa shape index (κ1) is 26.9. The van der Waals surface area contributed by atoms with E-state index in [9.17, 15) is 9.59 Å². The van der Waals surface area contributed by atoms with Crippen LogP contribution in [0.4, 0.5) is 0 Å². The Kier molecular flexibility index (Phi) is 11.9. The number of hydrogen-bond donors (Lipinski definition) is 0. The third-order valence-electron chi connectivity index (χ3n) is 6.67. The highest BCUT2D eigenvalue weighted by Crippen LogP contribution is 2.32. The molecule has 2 heteroatoms. The molecule has 1 rings (SSSR count). The fraction of sp³-hybridized carbons (Fsp3) is 0.786. The van der Waals surface area contributed by atoms with Crippen molar-refractivity contribution in [3.05, 3.63) is 23.3 Å². The number of rotatable bonds is 14. The predicted octanol–water partition coefficient (Wildman–Crippen LogP) is 8.26. The van der Waals surface area contributed by atoms with Crippen molar-refractivity contribution in [2.24, 2.45) is 23.2 Å². The molecule has 0 amide bonds. The van der Waals surface area contributed by atoms with E-state index in [1.807, 2.05) is 13.8 Å². The minimum atomic E-state index is -0.537. The molecule has 0 saturated carbocycles. The Labute approximate surface area is 187 Å². The standard InChI is InChI=1S/C28H48O2/c1-21(2)11-8-12-22(3)13-9-14-23(4)15-10-16-24(5)17-18-25-19-26(29)20-28(6,7)27(25)30/h17,19,21-23H,8-16,18,20H2,1-7H3/b24-17+/t22-,23-/m1/s1. The lowest BCUT2D eigenvalue weighted by Gasteiger charge is -2.26. The van der Waals surface area contributed by atoms with Gasteiger partial charge in [-0.25, -0.2) is 0 Å². The van der Waals surface area contributed by atoms with E-state index in [1.54, 1.807) is 6.08 Å². The van der Waals surface area contributed by atoms with E-state index >= 15 is 0 Å². The minimum Gasteiger partial charge on any atom is -0.295 e. The van der Waals surface area contributed by atoms with Gasteiger partial charge in [0, 0.05) is 17.4 Å². The molecule has 2 nitrogen and oxygen atoms in total. The summed E-state index contributed by atoms with van der Waals surface area (Å²) >= 11 is 0. The highest BCUT2D eigenvalue weighted by atomic mass is 16.1. The Morgan fingerprint density at radius 2 is 1.47 bits per heavy atom. The van der Waals surface area contributed by atoms with Gasteiger partial charge in [0.1, 0.15) is 0 Å². The third-order valence-corrected chi connectivity index (χ3v) is 6.67. The van der Waals surface area contributed by atoms with Crippen LogP contribution in [-0.2, 0) is 9.59 Å². The van der Waals surface area contributed by atoms with Gasteiger partial charge in [0.2, 0.25) is 0 Å². The topological polar surface area (TPSA) is 34.1 Å². The van der Waals surface area contributed by atoms with Crippen molar-refractivity contribution < 1.29 is 9.59 Å². The highest BCUT2D eigenvalue weighted by Gasteiger charge is 2.35. The Balaban J connectivity index is 2.23. The number of Topliss-reactive ketones (excluding diaryl/α,β-unsaturated/α-hetero) is 1. The first-order valence-electron chi connectivity index (χ1n) is 12.4. The molecular weight excluding hydrogens is 368 g/mol. The molecule has 172 valence electrons. The summed E-state index contributed by atoms with van der Waals surface area (Å²) in [7, 11) is 0. The Bertz CT molecular complexity index is 606. The van der Waals surface area contributed by atoms with Gasteiger partial charge in [0.25, 0.3) is 0 Å². The molecule has 0 spiro atoms. The van der Waals surface area contributed by atoms with Crippen LogP contribution in [0.15, 0.2) is 23.3 Å². The fourth-order valence-electron chi connectivity index (χ4n) is 4.51. The second-order valence-corrected chi connectivity index (χ2v) is 11.1.